The lowest BCUT2D eigenvalue weighted by molar-refractivity contribution is -0.114. The highest BCUT2D eigenvalue weighted by atomic mass is 32.2. The fourth-order valence-electron chi connectivity index (χ4n) is 3.27. The maximum atomic E-state index is 13.0. The minimum atomic E-state index is -3.77. The number of rotatable bonds is 7. The summed E-state index contributed by atoms with van der Waals surface area (Å²) in [5.74, 6) is -0.0530. The van der Waals surface area contributed by atoms with Gasteiger partial charge in [0, 0.05) is 24.5 Å². The van der Waals surface area contributed by atoms with E-state index in [2.05, 4.69) is 10.6 Å². The molecule has 0 unspecified atom stereocenters. The Kier molecular flexibility index (Phi) is 6.96. The number of hydrogen-bond acceptors (Lipinski definition) is 6. The summed E-state index contributed by atoms with van der Waals surface area (Å²) in [6, 6.07) is 10.5. The summed E-state index contributed by atoms with van der Waals surface area (Å²) in [6.07, 6.45) is 0. The van der Waals surface area contributed by atoms with Crippen LogP contribution in [0.2, 0.25) is 0 Å². The summed E-state index contributed by atoms with van der Waals surface area (Å²) in [6.45, 7) is 5.30. The Labute approximate surface area is 177 Å². The Bertz CT molecular complexity index is 1020. The van der Waals surface area contributed by atoms with Crippen molar-refractivity contribution in [3.05, 3.63) is 47.5 Å². The van der Waals surface area contributed by atoms with E-state index in [-0.39, 0.29) is 36.2 Å². The maximum Gasteiger partial charge on any atom is 0.246 e. The number of aryl methyl sites for hydroxylation is 2. The molecule has 1 aliphatic heterocycles. The van der Waals surface area contributed by atoms with E-state index in [0.29, 0.717) is 18.9 Å². The van der Waals surface area contributed by atoms with Crippen molar-refractivity contribution < 1.29 is 22.7 Å². The number of nitrogens with zero attached hydrogens (tertiary/aromatic N) is 1. The lowest BCUT2D eigenvalue weighted by atomic mass is 10.1. The number of carbonyl (C=O) groups is 1. The van der Waals surface area contributed by atoms with E-state index in [4.69, 9.17) is 9.47 Å². The number of ether oxygens (including phenoxy) is 2. The van der Waals surface area contributed by atoms with Gasteiger partial charge in [0.25, 0.3) is 0 Å². The molecule has 1 heterocycles. The van der Waals surface area contributed by atoms with Crippen LogP contribution in [0.5, 0.6) is 5.75 Å². The van der Waals surface area contributed by atoms with E-state index in [9.17, 15) is 13.2 Å². The van der Waals surface area contributed by atoms with Crippen molar-refractivity contribution in [3.8, 4) is 5.75 Å². The predicted molar refractivity (Wildman–Crippen MR) is 116 cm³/mol. The molecule has 0 bridgehead atoms. The minimum absolute atomic E-state index is 0.0204. The van der Waals surface area contributed by atoms with Crippen LogP contribution in [-0.4, -0.2) is 58.6 Å². The van der Waals surface area contributed by atoms with Crippen LogP contribution in [0.3, 0.4) is 0 Å². The Balaban J connectivity index is 1.73. The Morgan fingerprint density at radius 1 is 1.13 bits per heavy atom. The highest BCUT2D eigenvalue weighted by Crippen LogP contribution is 2.30. The second-order valence-electron chi connectivity index (χ2n) is 7.10. The molecule has 0 radical (unpaired) electrons. The molecule has 1 saturated heterocycles. The van der Waals surface area contributed by atoms with Gasteiger partial charge in [-0.1, -0.05) is 17.7 Å². The normalized spacial score (nSPS) is 14.9. The van der Waals surface area contributed by atoms with Crippen molar-refractivity contribution >= 4 is 27.3 Å². The minimum Gasteiger partial charge on any atom is -0.495 e. The van der Waals surface area contributed by atoms with Crippen molar-refractivity contribution in [3.63, 3.8) is 0 Å². The molecule has 1 amide bonds. The first-order valence-electron chi connectivity index (χ1n) is 9.68. The first kappa shape index (κ1) is 22.1. The van der Waals surface area contributed by atoms with Crippen LogP contribution in [0.25, 0.3) is 0 Å². The van der Waals surface area contributed by atoms with Crippen LogP contribution in [0.4, 0.5) is 11.4 Å². The van der Waals surface area contributed by atoms with Gasteiger partial charge in [-0.15, -0.1) is 0 Å². The molecule has 0 spiro atoms. The molecule has 0 aromatic heterocycles. The van der Waals surface area contributed by atoms with Gasteiger partial charge in [0.1, 0.15) is 10.6 Å². The molecule has 0 saturated carbocycles. The van der Waals surface area contributed by atoms with Crippen LogP contribution in [0.15, 0.2) is 41.3 Å². The third kappa shape index (κ3) is 5.10. The summed E-state index contributed by atoms with van der Waals surface area (Å²) in [7, 11) is -2.35. The van der Waals surface area contributed by atoms with E-state index in [0.717, 1.165) is 16.8 Å². The molecule has 1 fully saturated rings. The average Bonchev–Trinajstić information content (AvgIpc) is 2.73. The fourth-order valence-corrected chi connectivity index (χ4v) is 4.86. The number of benzene rings is 2. The van der Waals surface area contributed by atoms with Crippen LogP contribution in [0, 0.1) is 13.8 Å². The van der Waals surface area contributed by atoms with Gasteiger partial charge in [-0.3, -0.25) is 4.79 Å². The summed E-state index contributed by atoms with van der Waals surface area (Å²) in [4.78, 5) is 12.4. The first-order chi connectivity index (χ1) is 14.3. The van der Waals surface area contributed by atoms with E-state index in [1.54, 1.807) is 12.1 Å². The quantitative estimate of drug-likeness (QED) is 0.696. The number of anilines is 2. The number of morpholine rings is 1. The molecule has 0 atom stereocenters. The van der Waals surface area contributed by atoms with Gasteiger partial charge in [0.05, 0.1) is 26.9 Å². The zero-order valence-electron chi connectivity index (χ0n) is 17.4. The van der Waals surface area contributed by atoms with E-state index in [1.807, 2.05) is 32.0 Å². The van der Waals surface area contributed by atoms with Gasteiger partial charge in [-0.2, -0.15) is 4.31 Å². The molecular weight excluding hydrogens is 406 g/mol. The van der Waals surface area contributed by atoms with Gasteiger partial charge < -0.3 is 20.1 Å². The molecule has 30 heavy (non-hydrogen) atoms. The molecule has 1 aliphatic rings. The summed E-state index contributed by atoms with van der Waals surface area (Å²) < 4.78 is 37.9. The fraction of sp³-hybridized carbons (Fsp3) is 0.381. The second-order valence-corrected chi connectivity index (χ2v) is 9.01. The molecule has 162 valence electrons. The SMILES string of the molecule is COc1ccc(NC(=O)CNc2ccc(C)cc2C)cc1S(=O)(=O)N1CCOCC1. The zero-order chi connectivity index (χ0) is 21.7. The lowest BCUT2D eigenvalue weighted by Crippen LogP contribution is -2.40. The second kappa shape index (κ2) is 9.46. The van der Waals surface area contributed by atoms with Crippen LogP contribution < -0.4 is 15.4 Å². The predicted octanol–water partition coefficient (Wildman–Crippen LogP) is 2.38. The third-order valence-electron chi connectivity index (χ3n) is 4.86. The highest BCUT2D eigenvalue weighted by molar-refractivity contribution is 7.89. The number of hydrogen-bond donors (Lipinski definition) is 2. The number of nitrogens with one attached hydrogen (secondary N) is 2. The molecule has 0 aliphatic carbocycles. The van der Waals surface area contributed by atoms with Gasteiger partial charge in [-0.05, 0) is 43.7 Å². The standard InChI is InChI=1S/C21H27N3O5S/c1-15-4-6-18(16(2)12-15)22-14-21(25)23-17-5-7-19(28-3)20(13-17)30(26,27)24-8-10-29-11-9-24/h4-7,12-13,22H,8-11,14H2,1-3H3,(H,23,25). The largest absolute Gasteiger partial charge is 0.495 e. The zero-order valence-corrected chi connectivity index (χ0v) is 18.2. The van der Waals surface area contributed by atoms with Crippen molar-refractivity contribution in [2.24, 2.45) is 0 Å². The first-order valence-corrected chi connectivity index (χ1v) is 11.1. The molecule has 2 N–H and O–H groups in total. The van der Waals surface area contributed by atoms with Crippen molar-refractivity contribution in [1.82, 2.24) is 4.31 Å². The Hall–Kier alpha value is -2.62. The summed E-state index contributed by atoms with van der Waals surface area (Å²) >= 11 is 0. The molecular formula is C21H27N3O5S. The molecule has 8 nitrogen and oxygen atoms in total. The van der Waals surface area contributed by atoms with E-state index >= 15 is 0 Å². The number of carbonyl (C=O) groups excluding carboxylic acids is 1. The molecule has 2 aromatic carbocycles. The Morgan fingerprint density at radius 2 is 1.87 bits per heavy atom. The summed E-state index contributed by atoms with van der Waals surface area (Å²) in [5, 5.41) is 5.85. The van der Waals surface area contributed by atoms with Crippen molar-refractivity contribution in [1.29, 1.82) is 0 Å². The lowest BCUT2D eigenvalue weighted by Gasteiger charge is -2.26. The summed E-state index contributed by atoms with van der Waals surface area (Å²) in [5.41, 5.74) is 3.46. The smallest absolute Gasteiger partial charge is 0.246 e. The molecule has 2 aromatic rings. The van der Waals surface area contributed by atoms with Crippen LogP contribution >= 0.6 is 0 Å². The molecule has 9 heteroatoms. The van der Waals surface area contributed by atoms with Gasteiger partial charge in [0.15, 0.2) is 0 Å². The maximum absolute atomic E-state index is 13.0. The van der Waals surface area contributed by atoms with Crippen molar-refractivity contribution in [2.45, 2.75) is 18.7 Å². The highest BCUT2D eigenvalue weighted by Gasteiger charge is 2.29. The third-order valence-corrected chi connectivity index (χ3v) is 6.78. The van der Waals surface area contributed by atoms with Gasteiger partial charge >= 0.3 is 0 Å². The number of sulfonamides is 1. The van der Waals surface area contributed by atoms with E-state index < -0.39 is 10.0 Å². The monoisotopic (exact) mass is 433 g/mol. The topological polar surface area (TPSA) is 97.0 Å². The molecule has 3 rings (SSSR count). The van der Waals surface area contributed by atoms with E-state index in [1.165, 1.54) is 17.5 Å². The van der Waals surface area contributed by atoms with Crippen LogP contribution in [0.1, 0.15) is 11.1 Å². The number of methoxy groups -OCH3 is 1. The Morgan fingerprint density at radius 3 is 2.53 bits per heavy atom. The van der Waals surface area contributed by atoms with Gasteiger partial charge in [0.2, 0.25) is 15.9 Å². The van der Waals surface area contributed by atoms with Gasteiger partial charge in [-0.25, -0.2) is 8.42 Å². The number of amides is 1. The average molecular weight is 434 g/mol. The van der Waals surface area contributed by atoms with Crippen molar-refractivity contribution in [2.75, 3.05) is 50.6 Å². The van der Waals surface area contributed by atoms with Crippen LogP contribution in [-0.2, 0) is 19.6 Å².